The van der Waals surface area contributed by atoms with E-state index in [9.17, 15) is 4.79 Å². The van der Waals surface area contributed by atoms with E-state index in [-0.39, 0.29) is 11.4 Å². The maximum absolute atomic E-state index is 12.0. The number of esters is 1. The Morgan fingerprint density at radius 3 is 2.64 bits per heavy atom. The van der Waals surface area contributed by atoms with E-state index in [2.05, 4.69) is 11.0 Å². The molecule has 33 heavy (non-hydrogen) atoms. The van der Waals surface area contributed by atoms with Gasteiger partial charge in [0.15, 0.2) is 0 Å². The molecule has 2 aliphatic rings. The highest BCUT2D eigenvalue weighted by Gasteiger charge is 2.43. The highest BCUT2D eigenvalue weighted by Crippen LogP contribution is 2.46. The van der Waals surface area contributed by atoms with Crippen molar-refractivity contribution in [3.63, 3.8) is 0 Å². The fourth-order valence-corrected chi connectivity index (χ4v) is 4.90. The zero-order chi connectivity index (χ0) is 23.6. The molecule has 0 atom stereocenters. The molecule has 7 heteroatoms. The molecular formula is C26H31Cl2NO4. The van der Waals surface area contributed by atoms with Crippen LogP contribution in [0.4, 0.5) is 0 Å². The molecule has 2 aromatic rings. The number of rotatable bonds is 6. The number of benzene rings is 2. The number of carbonyl (C=O) groups excluding carboxylic acids is 1. The van der Waals surface area contributed by atoms with Crippen LogP contribution in [0.5, 0.6) is 11.5 Å². The van der Waals surface area contributed by atoms with Crippen molar-refractivity contribution in [3.05, 3.63) is 57.6 Å². The summed E-state index contributed by atoms with van der Waals surface area (Å²) in [5, 5.41) is 1.04. The Morgan fingerprint density at radius 1 is 1.15 bits per heavy atom. The monoisotopic (exact) mass is 491 g/mol. The van der Waals surface area contributed by atoms with Crippen molar-refractivity contribution in [2.75, 3.05) is 26.2 Å². The molecule has 1 saturated heterocycles. The smallest absolute Gasteiger partial charge is 0.307 e. The molecule has 1 fully saturated rings. The fraction of sp³-hybridized carbons (Fsp3) is 0.500. The van der Waals surface area contributed by atoms with Crippen LogP contribution >= 0.6 is 23.2 Å². The van der Waals surface area contributed by atoms with E-state index in [0.717, 1.165) is 49.5 Å². The first-order valence-corrected chi connectivity index (χ1v) is 12.2. The van der Waals surface area contributed by atoms with E-state index in [1.165, 1.54) is 5.56 Å². The number of piperidine rings is 1. The Morgan fingerprint density at radius 2 is 1.91 bits per heavy atom. The van der Waals surface area contributed by atoms with Gasteiger partial charge in [0.1, 0.15) is 23.7 Å². The van der Waals surface area contributed by atoms with E-state index in [0.29, 0.717) is 29.7 Å². The summed E-state index contributed by atoms with van der Waals surface area (Å²) in [6.07, 6.45) is 2.44. The zero-order valence-electron chi connectivity index (χ0n) is 19.5. The predicted octanol–water partition coefficient (Wildman–Crippen LogP) is 6.03. The van der Waals surface area contributed by atoms with Gasteiger partial charge in [0.25, 0.3) is 0 Å². The summed E-state index contributed by atoms with van der Waals surface area (Å²) in [5.41, 5.74) is 1.70. The predicted molar refractivity (Wildman–Crippen MR) is 131 cm³/mol. The average Bonchev–Trinajstić information content (AvgIpc) is 3.11. The Labute approximate surface area is 205 Å². The third kappa shape index (κ3) is 5.76. The number of hydrogen-bond donors (Lipinski definition) is 0. The van der Waals surface area contributed by atoms with E-state index in [1.54, 1.807) is 6.07 Å². The lowest BCUT2D eigenvalue weighted by atomic mass is 9.74. The molecule has 0 amide bonds. The van der Waals surface area contributed by atoms with Crippen LogP contribution < -0.4 is 9.47 Å². The highest BCUT2D eigenvalue weighted by molar-refractivity contribution is 6.42. The van der Waals surface area contributed by atoms with E-state index < -0.39 is 5.60 Å². The van der Waals surface area contributed by atoms with Gasteiger partial charge in [0.05, 0.1) is 23.1 Å². The molecule has 0 N–H and O–H groups in total. The van der Waals surface area contributed by atoms with Gasteiger partial charge in [-0.05, 0) is 58.8 Å². The van der Waals surface area contributed by atoms with Crippen LogP contribution in [0.15, 0.2) is 36.4 Å². The molecule has 0 aromatic heterocycles. The lowest BCUT2D eigenvalue weighted by Gasteiger charge is -2.38. The van der Waals surface area contributed by atoms with E-state index >= 15 is 0 Å². The molecule has 2 aromatic carbocycles. The van der Waals surface area contributed by atoms with Gasteiger partial charge in [0, 0.05) is 29.2 Å². The summed E-state index contributed by atoms with van der Waals surface area (Å²) in [7, 11) is 0. The van der Waals surface area contributed by atoms with Crippen molar-refractivity contribution >= 4 is 29.2 Å². The SMILES string of the molecule is CC(C)(C)OC(=O)CCN1CCC2(CC1)COc1cc(OCc3cccc(Cl)c3Cl)ccc12. The first-order chi connectivity index (χ1) is 15.7. The molecule has 0 radical (unpaired) electrons. The van der Waals surface area contributed by atoms with Gasteiger partial charge in [-0.25, -0.2) is 0 Å². The van der Waals surface area contributed by atoms with Gasteiger partial charge in [-0.15, -0.1) is 0 Å². The van der Waals surface area contributed by atoms with Gasteiger partial charge in [-0.1, -0.05) is 41.4 Å². The number of halogens is 2. The number of likely N-dealkylation sites (tertiary alicyclic amines) is 1. The first kappa shape index (κ1) is 24.2. The molecule has 0 unspecified atom stereocenters. The Bertz CT molecular complexity index is 1010. The molecule has 178 valence electrons. The molecule has 2 heterocycles. The Kier molecular flexibility index (Phi) is 7.13. The van der Waals surface area contributed by atoms with E-state index in [1.807, 2.05) is 45.0 Å². The number of nitrogens with zero attached hydrogens (tertiary/aromatic N) is 1. The molecule has 1 spiro atoms. The summed E-state index contributed by atoms with van der Waals surface area (Å²) in [6, 6.07) is 11.6. The second kappa shape index (κ2) is 9.73. The number of carbonyl (C=O) groups is 1. The molecule has 5 nitrogen and oxygen atoms in total. The molecular weight excluding hydrogens is 461 g/mol. The molecule has 0 saturated carbocycles. The lowest BCUT2D eigenvalue weighted by Crippen LogP contribution is -2.44. The second-order valence-electron chi connectivity index (χ2n) is 9.91. The largest absolute Gasteiger partial charge is 0.492 e. The highest BCUT2D eigenvalue weighted by atomic mass is 35.5. The maximum Gasteiger partial charge on any atom is 0.307 e. The molecule has 0 bridgehead atoms. The van der Waals surface area contributed by atoms with Gasteiger partial charge >= 0.3 is 5.97 Å². The minimum Gasteiger partial charge on any atom is -0.492 e. The van der Waals surface area contributed by atoms with Crippen LogP contribution in [-0.2, 0) is 21.6 Å². The van der Waals surface area contributed by atoms with Crippen molar-refractivity contribution in [2.45, 2.75) is 57.7 Å². The van der Waals surface area contributed by atoms with Crippen molar-refractivity contribution in [2.24, 2.45) is 0 Å². The number of fused-ring (bicyclic) bond motifs is 2. The van der Waals surface area contributed by atoms with Crippen LogP contribution in [0.1, 0.15) is 51.2 Å². The summed E-state index contributed by atoms with van der Waals surface area (Å²) in [4.78, 5) is 14.4. The lowest BCUT2D eigenvalue weighted by molar-refractivity contribution is -0.155. The summed E-state index contributed by atoms with van der Waals surface area (Å²) in [6.45, 7) is 9.34. The minimum absolute atomic E-state index is 0.0343. The van der Waals surface area contributed by atoms with Crippen LogP contribution in [0.2, 0.25) is 10.0 Å². The Hall–Kier alpha value is -1.95. The standard InChI is InChI=1S/C26H31Cl2NO4/c1-25(2,3)33-23(30)9-12-29-13-10-26(11-14-29)17-32-22-15-19(7-8-20(22)26)31-16-18-5-4-6-21(27)24(18)28/h4-8,15H,9-14,16-17H2,1-3H3. The Balaban J connectivity index is 1.32. The third-order valence-electron chi connectivity index (χ3n) is 6.32. The molecule has 0 aliphatic carbocycles. The van der Waals surface area contributed by atoms with Gasteiger partial charge in [-0.2, -0.15) is 0 Å². The van der Waals surface area contributed by atoms with Crippen molar-refractivity contribution in [1.82, 2.24) is 4.90 Å². The van der Waals surface area contributed by atoms with Crippen molar-refractivity contribution in [3.8, 4) is 11.5 Å². The van der Waals surface area contributed by atoms with Crippen LogP contribution in [0, 0.1) is 0 Å². The third-order valence-corrected chi connectivity index (χ3v) is 7.18. The summed E-state index contributed by atoms with van der Waals surface area (Å²) >= 11 is 12.4. The van der Waals surface area contributed by atoms with Crippen LogP contribution in [-0.4, -0.2) is 42.7 Å². The van der Waals surface area contributed by atoms with Crippen molar-refractivity contribution < 1.29 is 19.0 Å². The van der Waals surface area contributed by atoms with Gasteiger partial charge in [0.2, 0.25) is 0 Å². The molecule has 4 rings (SSSR count). The van der Waals surface area contributed by atoms with Gasteiger partial charge < -0.3 is 19.1 Å². The zero-order valence-corrected chi connectivity index (χ0v) is 21.0. The normalized spacial score (nSPS) is 17.5. The van der Waals surface area contributed by atoms with Crippen molar-refractivity contribution in [1.29, 1.82) is 0 Å². The number of hydrogen-bond acceptors (Lipinski definition) is 5. The fourth-order valence-electron chi connectivity index (χ4n) is 4.52. The molecule has 2 aliphatic heterocycles. The van der Waals surface area contributed by atoms with Crippen LogP contribution in [0.3, 0.4) is 0 Å². The second-order valence-corrected chi connectivity index (χ2v) is 10.7. The maximum atomic E-state index is 12.0. The summed E-state index contributed by atoms with van der Waals surface area (Å²) in [5.74, 6) is 1.51. The van der Waals surface area contributed by atoms with Crippen LogP contribution in [0.25, 0.3) is 0 Å². The van der Waals surface area contributed by atoms with E-state index in [4.69, 9.17) is 37.4 Å². The average molecular weight is 492 g/mol. The summed E-state index contributed by atoms with van der Waals surface area (Å²) < 4.78 is 17.5. The quantitative estimate of drug-likeness (QED) is 0.461. The number of ether oxygens (including phenoxy) is 3. The topological polar surface area (TPSA) is 48.0 Å². The first-order valence-electron chi connectivity index (χ1n) is 11.4. The van der Waals surface area contributed by atoms with Gasteiger partial charge in [-0.3, -0.25) is 4.79 Å². The minimum atomic E-state index is -0.434.